The Morgan fingerprint density at radius 2 is 1.89 bits per heavy atom. The molecular formula is C22H20N2O4. The number of carbonyl (C=O) groups excluding carboxylic acids is 1. The van der Waals surface area contributed by atoms with E-state index in [4.69, 9.17) is 13.9 Å². The SMILES string of the molecule is COc1ccc(OC)c(CNC(=O)c2cc3c(C)nc4ccccc4c3o2)c1. The van der Waals surface area contributed by atoms with Gasteiger partial charge in [0.2, 0.25) is 0 Å². The fourth-order valence-electron chi connectivity index (χ4n) is 3.26. The summed E-state index contributed by atoms with van der Waals surface area (Å²) in [7, 11) is 3.19. The van der Waals surface area contributed by atoms with Crippen molar-refractivity contribution in [1.82, 2.24) is 10.3 Å². The molecule has 0 atom stereocenters. The fourth-order valence-corrected chi connectivity index (χ4v) is 3.26. The van der Waals surface area contributed by atoms with Crippen LogP contribution < -0.4 is 14.8 Å². The zero-order valence-electron chi connectivity index (χ0n) is 15.9. The summed E-state index contributed by atoms with van der Waals surface area (Å²) in [5.74, 6) is 1.32. The van der Waals surface area contributed by atoms with Crippen LogP contribution in [-0.4, -0.2) is 25.1 Å². The Morgan fingerprint density at radius 3 is 2.68 bits per heavy atom. The summed E-state index contributed by atoms with van der Waals surface area (Å²) >= 11 is 0. The van der Waals surface area contributed by atoms with E-state index < -0.39 is 0 Å². The standard InChI is InChI=1S/C22H20N2O4/c1-13-17-11-20(28-21(17)16-6-4-5-7-18(16)24-13)22(25)23-12-14-10-15(26-2)8-9-19(14)27-3/h4-11H,12H2,1-3H3,(H,23,25). The highest BCUT2D eigenvalue weighted by Gasteiger charge is 2.17. The van der Waals surface area contributed by atoms with Gasteiger partial charge in [0.05, 0.1) is 19.7 Å². The molecule has 0 bridgehead atoms. The van der Waals surface area contributed by atoms with Gasteiger partial charge in [0.1, 0.15) is 17.1 Å². The topological polar surface area (TPSA) is 73.6 Å². The summed E-state index contributed by atoms with van der Waals surface area (Å²) in [5, 5.41) is 4.60. The number of furan rings is 1. The Hall–Kier alpha value is -3.54. The molecule has 0 saturated carbocycles. The average Bonchev–Trinajstić information content (AvgIpc) is 3.18. The van der Waals surface area contributed by atoms with Crippen molar-refractivity contribution >= 4 is 27.8 Å². The van der Waals surface area contributed by atoms with Crippen LogP contribution >= 0.6 is 0 Å². The first kappa shape index (κ1) is 17.9. The molecule has 0 fully saturated rings. The van der Waals surface area contributed by atoms with Gasteiger partial charge in [-0.25, -0.2) is 0 Å². The maximum atomic E-state index is 12.7. The third-order valence-corrected chi connectivity index (χ3v) is 4.71. The molecule has 28 heavy (non-hydrogen) atoms. The number of hydrogen-bond donors (Lipinski definition) is 1. The summed E-state index contributed by atoms with van der Waals surface area (Å²) < 4.78 is 16.5. The van der Waals surface area contributed by atoms with E-state index in [1.165, 1.54) is 0 Å². The molecule has 142 valence electrons. The summed E-state index contributed by atoms with van der Waals surface area (Å²) in [6, 6.07) is 14.9. The molecule has 2 aromatic heterocycles. The molecule has 1 amide bonds. The molecule has 0 radical (unpaired) electrons. The predicted octanol–water partition coefficient (Wildman–Crippen LogP) is 4.24. The molecule has 4 aromatic rings. The van der Waals surface area contributed by atoms with E-state index in [-0.39, 0.29) is 18.2 Å². The third-order valence-electron chi connectivity index (χ3n) is 4.71. The van der Waals surface area contributed by atoms with Crippen LogP contribution in [0.15, 0.2) is 52.9 Å². The number of benzene rings is 2. The van der Waals surface area contributed by atoms with Gasteiger partial charge in [-0.15, -0.1) is 0 Å². The average molecular weight is 376 g/mol. The number of aryl methyl sites for hydroxylation is 1. The van der Waals surface area contributed by atoms with Gasteiger partial charge in [-0.1, -0.05) is 12.1 Å². The molecule has 1 N–H and O–H groups in total. The van der Waals surface area contributed by atoms with Crippen molar-refractivity contribution in [1.29, 1.82) is 0 Å². The molecule has 2 heterocycles. The second-order valence-electron chi connectivity index (χ2n) is 6.43. The van der Waals surface area contributed by atoms with Crippen LogP contribution in [0, 0.1) is 6.92 Å². The number of hydrogen-bond acceptors (Lipinski definition) is 5. The van der Waals surface area contributed by atoms with Crippen molar-refractivity contribution in [2.24, 2.45) is 0 Å². The molecule has 6 nitrogen and oxygen atoms in total. The number of methoxy groups -OCH3 is 2. The number of nitrogens with one attached hydrogen (secondary N) is 1. The number of pyridine rings is 1. The lowest BCUT2D eigenvalue weighted by Gasteiger charge is -2.10. The molecule has 2 aromatic carbocycles. The number of carbonyl (C=O) groups is 1. The van der Waals surface area contributed by atoms with Gasteiger partial charge in [-0.2, -0.15) is 0 Å². The van der Waals surface area contributed by atoms with Gasteiger partial charge in [-0.05, 0) is 43.3 Å². The van der Waals surface area contributed by atoms with Gasteiger partial charge in [0.15, 0.2) is 5.76 Å². The smallest absolute Gasteiger partial charge is 0.287 e. The van der Waals surface area contributed by atoms with Crippen LogP contribution in [0.3, 0.4) is 0 Å². The van der Waals surface area contributed by atoms with Gasteiger partial charge < -0.3 is 19.2 Å². The van der Waals surface area contributed by atoms with Gasteiger partial charge in [0.25, 0.3) is 5.91 Å². The number of nitrogens with zero attached hydrogens (tertiary/aromatic N) is 1. The van der Waals surface area contributed by atoms with E-state index >= 15 is 0 Å². The van der Waals surface area contributed by atoms with Gasteiger partial charge in [-0.3, -0.25) is 9.78 Å². The summed E-state index contributed by atoms with van der Waals surface area (Å²) in [6.07, 6.45) is 0. The van der Waals surface area contributed by atoms with Crippen LogP contribution in [0.5, 0.6) is 11.5 Å². The normalized spacial score (nSPS) is 11.0. The largest absolute Gasteiger partial charge is 0.497 e. The Balaban J connectivity index is 1.63. The predicted molar refractivity (Wildman–Crippen MR) is 107 cm³/mol. The van der Waals surface area contributed by atoms with E-state index in [9.17, 15) is 4.79 Å². The lowest BCUT2D eigenvalue weighted by Crippen LogP contribution is -2.22. The van der Waals surface area contributed by atoms with E-state index in [1.807, 2.05) is 49.4 Å². The first-order valence-corrected chi connectivity index (χ1v) is 8.88. The maximum absolute atomic E-state index is 12.7. The minimum Gasteiger partial charge on any atom is -0.497 e. The molecule has 0 saturated heterocycles. The minimum atomic E-state index is -0.301. The van der Waals surface area contributed by atoms with Crippen LogP contribution in [0.25, 0.3) is 21.9 Å². The molecular weight excluding hydrogens is 356 g/mol. The Labute approximate surface area is 162 Å². The van der Waals surface area contributed by atoms with Crippen molar-refractivity contribution in [2.75, 3.05) is 14.2 Å². The second-order valence-corrected chi connectivity index (χ2v) is 6.43. The zero-order valence-corrected chi connectivity index (χ0v) is 15.9. The van der Waals surface area contributed by atoms with Gasteiger partial charge in [0, 0.05) is 28.6 Å². The number of aromatic nitrogens is 1. The van der Waals surface area contributed by atoms with Crippen molar-refractivity contribution in [3.8, 4) is 11.5 Å². The second kappa shape index (κ2) is 7.23. The van der Waals surface area contributed by atoms with E-state index in [0.717, 1.165) is 27.5 Å². The van der Waals surface area contributed by atoms with Crippen molar-refractivity contribution < 1.29 is 18.7 Å². The fraction of sp³-hybridized carbons (Fsp3) is 0.182. The molecule has 0 aliphatic rings. The number of fused-ring (bicyclic) bond motifs is 3. The lowest BCUT2D eigenvalue weighted by atomic mass is 10.1. The van der Waals surface area contributed by atoms with E-state index in [0.29, 0.717) is 17.1 Å². The molecule has 0 spiro atoms. The zero-order chi connectivity index (χ0) is 19.7. The molecule has 0 aliphatic heterocycles. The minimum absolute atomic E-state index is 0.248. The summed E-state index contributed by atoms with van der Waals surface area (Å²) in [5.41, 5.74) is 3.16. The van der Waals surface area contributed by atoms with Crippen molar-refractivity contribution in [2.45, 2.75) is 13.5 Å². The monoisotopic (exact) mass is 376 g/mol. The molecule has 6 heteroatoms. The Kier molecular flexibility index (Phi) is 4.61. The quantitative estimate of drug-likeness (QED) is 0.564. The molecule has 0 aliphatic carbocycles. The number of rotatable bonds is 5. The number of ether oxygens (including phenoxy) is 2. The summed E-state index contributed by atoms with van der Waals surface area (Å²) in [4.78, 5) is 17.3. The first-order valence-electron chi connectivity index (χ1n) is 8.88. The maximum Gasteiger partial charge on any atom is 0.287 e. The number of para-hydroxylation sites is 1. The van der Waals surface area contributed by atoms with Crippen molar-refractivity contribution in [3.05, 3.63) is 65.5 Å². The summed E-state index contributed by atoms with van der Waals surface area (Å²) in [6.45, 7) is 2.20. The lowest BCUT2D eigenvalue weighted by molar-refractivity contribution is 0.0925. The Bertz CT molecular complexity index is 1180. The van der Waals surface area contributed by atoms with E-state index in [2.05, 4.69) is 10.3 Å². The highest BCUT2D eigenvalue weighted by molar-refractivity contribution is 6.06. The number of amides is 1. The third kappa shape index (κ3) is 3.13. The van der Waals surface area contributed by atoms with Gasteiger partial charge >= 0.3 is 0 Å². The molecule has 4 rings (SSSR count). The van der Waals surface area contributed by atoms with Crippen molar-refractivity contribution in [3.63, 3.8) is 0 Å². The van der Waals surface area contributed by atoms with Crippen LogP contribution in [-0.2, 0) is 6.54 Å². The van der Waals surface area contributed by atoms with E-state index in [1.54, 1.807) is 20.3 Å². The Morgan fingerprint density at radius 1 is 1.07 bits per heavy atom. The van der Waals surface area contributed by atoms with Crippen LogP contribution in [0.1, 0.15) is 21.8 Å². The highest BCUT2D eigenvalue weighted by atomic mass is 16.5. The van der Waals surface area contributed by atoms with Crippen LogP contribution in [0.2, 0.25) is 0 Å². The highest BCUT2D eigenvalue weighted by Crippen LogP contribution is 2.29. The molecule has 0 unspecified atom stereocenters. The first-order chi connectivity index (χ1) is 13.6. The van der Waals surface area contributed by atoms with Crippen LogP contribution in [0.4, 0.5) is 0 Å².